The van der Waals surface area contributed by atoms with Gasteiger partial charge in [-0.2, -0.15) is 0 Å². The molecule has 2 atom stereocenters. The minimum Gasteiger partial charge on any atom is -0.377 e. The third-order valence-corrected chi connectivity index (χ3v) is 3.67. The summed E-state index contributed by atoms with van der Waals surface area (Å²) in [4.78, 5) is 2.39. The molecule has 0 saturated carbocycles. The van der Waals surface area contributed by atoms with Gasteiger partial charge in [-0.15, -0.1) is 0 Å². The molecule has 1 aliphatic heterocycles. The van der Waals surface area contributed by atoms with Gasteiger partial charge in [-0.1, -0.05) is 30.3 Å². The molecule has 2 rings (SSSR count). The first kappa shape index (κ1) is 13.5. The van der Waals surface area contributed by atoms with Crippen LogP contribution in [0, 0.1) is 0 Å². The van der Waals surface area contributed by atoms with Gasteiger partial charge in [0, 0.05) is 19.2 Å². The van der Waals surface area contributed by atoms with E-state index in [1.807, 2.05) is 0 Å². The third-order valence-electron chi connectivity index (χ3n) is 3.67. The summed E-state index contributed by atoms with van der Waals surface area (Å²) >= 11 is 0. The second-order valence-electron chi connectivity index (χ2n) is 5.08. The SMILES string of the molecule is CN(CC1CCCO1)C(CCN)c1ccccc1. The van der Waals surface area contributed by atoms with E-state index in [4.69, 9.17) is 10.5 Å². The predicted octanol–water partition coefficient (Wildman–Crippen LogP) is 2.19. The van der Waals surface area contributed by atoms with Crippen molar-refractivity contribution in [3.63, 3.8) is 0 Å². The summed E-state index contributed by atoms with van der Waals surface area (Å²) in [5.41, 5.74) is 7.11. The van der Waals surface area contributed by atoms with E-state index in [0.717, 1.165) is 26.1 Å². The van der Waals surface area contributed by atoms with Crippen molar-refractivity contribution in [2.45, 2.75) is 31.4 Å². The van der Waals surface area contributed by atoms with Gasteiger partial charge >= 0.3 is 0 Å². The Hall–Kier alpha value is -0.900. The molecular formula is C15H24N2O. The van der Waals surface area contributed by atoms with Crippen LogP contribution in [0.5, 0.6) is 0 Å². The molecular weight excluding hydrogens is 224 g/mol. The van der Waals surface area contributed by atoms with Gasteiger partial charge in [0.25, 0.3) is 0 Å². The molecule has 0 spiro atoms. The van der Waals surface area contributed by atoms with Crippen LogP contribution < -0.4 is 5.73 Å². The number of nitrogens with zero attached hydrogens (tertiary/aromatic N) is 1. The van der Waals surface area contributed by atoms with Gasteiger partial charge in [0.2, 0.25) is 0 Å². The fourth-order valence-electron chi connectivity index (χ4n) is 2.71. The van der Waals surface area contributed by atoms with Gasteiger partial charge in [0.1, 0.15) is 0 Å². The average molecular weight is 248 g/mol. The van der Waals surface area contributed by atoms with Crippen molar-refractivity contribution in [3.05, 3.63) is 35.9 Å². The minimum absolute atomic E-state index is 0.402. The number of benzene rings is 1. The normalized spacial score (nSPS) is 21.4. The van der Waals surface area contributed by atoms with Crippen molar-refractivity contribution in [1.29, 1.82) is 0 Å². The van der Waals surface area contributed by atoms with Crippen molar-refractivity contribution in [2.24, 2.45) is 5.73 Å². The molecule has 1 fully saturated rings. The zero-order valence-electron chi connectivity index (χ0n) is 11.2. The van der Waals surface area contributed by atoms with E-state index in [1.165, 1.54) is 18.4 Å². The maximum atomic E-state index is 5.75. The van der Waals surface area contributed by atoms with Crippen LogP contribution in [0.1, 0.15) is 30.9 Å². The van der Waals surface area contributed by atoms with E-state index in [0.29, 0.717) is 12.1 Å². The molecule has 2 N–H and O–H groups in total. The number of ether oxygens (including phenoxy) is 1. The van der Waals surface area contributed by atoms with Crippen LogP contribution in [0.25, 0.3) is 0 Å². The van der Waals surface area contributed by atoms with Crippen molar-refractivity contribution in [3.8, 4) is 0 Å². The van der Waals surface area contributed by atoms with Crippen LogP contribution in [0.3, 0.4) is 0 Å². The molecule has 3 heteroatoms. The number of hydrogen-bond donors (Lipinski definition) is 1. The first-order valence-corrected chi connectivity index (χ1v) is 6.88. The number of rotatable bonds is 6. The van der Waals surface area contributed by atoms with E-state index >= 15 is 0 Å². The van der Waals surface area contributed by atoms with E-state index in [1.54, 1.807) is 0 Å². The van der Waals surface area contributed by atoms with E-state index in [9.17, 15) is 0 Å². The molecule has 0 radical (unpaired) electrons. The topological polar surface area (TPSA) is 38.5 Å². The van der Waals surface area contributed by atoms with Crippen LogP contribution in [0.2, 0.25) is 0 Å². The Morgan fingerprint density at radius 1 is 1.39 bits per heavy atom. The number of nitrogens with two attached hydrogens (primary N) is 1. The molecule has 1 saturated heterocycles. The first-order valence-electron chi connectivity index (χ1n) is 6.88. The molecule has 100 valence electrons. The molecule has 1 heterocycles. The quantitative estimate of drug-likeness (QED) is 0.838. The van der Waals surface area contributed by atoms with Crippen molar-refractivity contribution >= 4 is 0 Å². The summed E-state index contributed by atoms with van der Waals surface area (Å²) in [5, 5.41) is 0. The molecule has 2 unspecified atom stereocenters. The number of likely N-dealkylation sites (N-methyl/N-ethyl adjacent to an activating group) is 1. The van der Waals surface area contributed by atoms with Crippen LogP contribution in [-0.4, -0.2) is 37.7 Å². The van der Waals surface area contributed by atoms with Crippen molar-refractivity contribution < 1.29 is 4.74 Å². The Bertz CT molecular complexity index is 336. The fourth-order valence-corrected chi connectivity index (χ4v) is 2.71. The second-order valence-corrected chi connectivity index (χ2v) is 5.08. The molecule has 0 aromatic heterocycles. The Labute approximate surface area is 110 Å². The Morgan fingerprint density at radius 3 is 2.78 bits per heavy atom. The minimum atomic E-state index is 0.402. The van der Waals surface area contributed by atoms with Gasteiger partial charge in [0.05, 0.1) is 6.10 Å². The van der Waals surface area contributed by atoms with Gasteiger partial charge in [-0.05, 0) is 38.4 Å². The van der Waals surface area contributed by atoms with E-state index in [2.05, 4.69) is 42.3 Å². The van der Waals surface area contributed by atoms with E-state index < -0.39 is 0 Å². The number of hydrogen-bond acceptors (Lipinski definition) is 3. The molecule has 1 aromatic rings. The predicted molar refractivity (Wildman–Crippen MR) is 74.5 cm³/mol. The molecule has 0 aliphatic carbocycles. The summed E-state index contributed by atoms with van der Waals surface area (Å²) in [6.45, 7) is 2.64. The smallest absolute Gasteiger partial charge is 0.0702 e. The zero-order chi connectivity index (χ0) is 12.8. The van der Waals surface area contributed by atoms with Crippen LogP contribution in [0.4, 0.5) is 0 Å². The summed E-state index contributed by atoms with van der Waals surface area (Å²) < 4.78 is 5.71. The highest BCUT2D eigenvalue weighted by Gasteiger charge is 2.22. The highest BCUT2D eigenvalue weighted by Crippen LogP contribution is 2.24. The lowest BCUT2D eigenvalue weighted by molar-refractivity contribution is 0.0666. The van der Waals surface area contributed by atoms with E-state index in [-0.39, 0.29) is 0 Å². The van der Waals surface area contributed by atoms with Crippen LogP contribution in [0.15, 0.2) is 30.3 Å². The lowest BCUT2D eigenvalue weighted by Crippen LogP contribution is -2.33. The highest BCUT2D eigenvalue weighted by molar-refractivity contribution is 5.19. The first-order chi connectivity index (χ1) is 8.81. The van der Waals surface area contributed by atoms with Gasteiger partial charge < -0.3 is 10.5 Å². The van der Waals surface area contributed by atoms with Gasteiger partial charge in [-0.3, -0.25) is 4.90 Å². The molecule has 0 bridgehead atoms. The second kappa shape index (κ2) is 6.88. The molecule has 1 aromatic carbocycles. The summed E-state index contributed by atoms with van der Waals surface area (Å²) in [7, 11) is 2.18. The molecule has 3 nitrogen and oxygen atoms in total. The maximum absolute atomic E-state index is 5.75. The lowest BCUT2D eigenvalue weighted by atomic mass is 10.0. The Morgan fingerprint density at radius 2 is 2.17 bits per heavy atom. The zero-order valence-corrected chi connectivity index (χ0v) is 11.2. The Kier molecular flexibility index (Phi) is 5.17. The van der Waals surface area contributed by atoms with Crippen LogP contribution >= 0.6 is 0 Å². The summed E-state index contributed by atoms with van der Waals surface area (Å²) in [5.74, 6) is 0. The van der Waals surface area contributed by atoms with Gasteiger partial charge in [-0.25, -0.2) is 0 Å². The highest BCUT2D eigenvalue weighted by atomic mass is 16.5. The fraction of sp³-hybridized carbons (Fsp3) is 0.600. The summed E-state index contributed by atoms with van der Waals surface area (Å²) in [6, 6.07) is 11.0. The molecule has 1 aliphatic rings. The largest absolute Gasteiger partial charge is 0.377 e. The standard InChI is InChI=1S/C15H24N2O/c1-17(12-14-8-5-11-18-14)15(9-10-16)13-6-3-2-4-7-13/h2-4,6-7,14-15H,5,8-12,16H2,1H3. The van der Waals surface area contributed by atoms with Crippen LogP contribution in [-0.2, 0) is 4.74 Å². The Balaban J connectivity index is 1.99. The monoisotopic (exact) mass is 248 g/mol. The van der Waals surface area contributed by atoms with Gasteiger partial charge in [0.15, 0.2) is 0 Å². The maximum Gasteiger partial charge on any atom is 0.0702 e. The average Bonchev–Trinajstić information content (AvgIpc) is 2.89. The van der Waals surface area contributed by atoms with Crippen molar-refractivity contribution in [2.75, 3.05) is 26.7 Å². The molecule has 0 amide bonds. The van der Waals surface area contributed by atoms with Crippen molar-refractivity contribution in [1.82, 2.24) is 4.90 Å². The summed E-state index contributed by atoms with van der Waals surface area (Å²) in [6.07, 6.45) is 3.78. The lowest BCUT2D eigenvalue weighted by Gasteiger charge is -2.30. The molecule has 18 heavy (non-hydrogen) atoms. The third kappa shape index (κ3) is 3.55.